The highest BCUT2D eigenvalue weighted by molar-refractivity contribution is 7.10. The molecule has 1 aromatic heterocycles. The molecule has 3 nitrogen and oxygen atoms in total. The SMILES string of the molecule is CCN(CC)C(=O)[C@H]1CCCN(Cc2sccc2C)C1. The highest BCUT2D eigenvalue weighted by Gasteiger charge is 2.28. The topological polar surface area (TPSA) is 23.6 Å². The zero-order chi connectivity index (χ0) is 14.5. The van der Waals surface area contributed by atoms with Crippen LogP contribution in [0.1, 0.15) is 37.1 Å². The molecule has 1 fully saturated rings. The fraction of sp³-hybridized carbons (Fsp3) is 0.688. The molecule has 0 unspecified atom stereocenters. The Kier molecular flexibility index (Phi) is 5.61. The lowest BCUT2D eigenvalue weighted by Gasteiger charge is -2.34. The largest absolute Gasteiger partial charge is 0.343 e. The van der Waals surface area contributed by atoms with E-state index in [-0.39, 0.29) is 5.92 Å². The van der Waals surface area contributed by atoms with Crippen LogP contribution in [-0.2, 0) is 11.3 Å². The Morgan fingerprint density at radius 3 is 2.80 bits per heavy atom. The lowest BCUT2D eigenvalue weighted by molar-refractivity contribution is -0.137. The van der Waals surface area contributed by atoms with E-state index < -0.39 is 0 Å². The second-order valence-corrected chi connectivity index (χ2v) is 6.61. The number of hydrogen-bond acceptors (Lipinski definition) is 3. The standard InChI is InChI=1S/C16H26N2OS/c1-4-18(5-2)16(19)14-7-6-9-17(11-14)12-15-13(3)8-10-20-15/h8,10,14H,4-7,9,11-12H2,1-3H3/t14-/m0/s1. The molecule has 1 aliphatic rings. The van der Waals surface area contributed by atoms with Gasteiger partial charge in [0.05, 0.1) is 5.92 Å². The van der Waals surface area contributed by atoms with Gasteiger partial charge in [0, 0.05) is 31.1 Å². The Hall–Kier alpha value is -0.870. The molecule has 0 radical (unpaired) electrons. The van der Waals surface area contributed by atoms with Crippen LogP contribution in [0, 0.1) is 12.8 Å². The molecule has 2 rings (SSSR count). The number of rotatable bonds is 5. The first-order valence-electron chi connectivity index (χ1n) is 7.69. The van der Waals surface area contributed by atoms with Crippen molar-refractivity contribution in [3.05, 3.63) is 21.9 Å². The minimum atomic E-state index is 0.198. The first-order chi connectivity index (χ1) is 9.65. The van der Waals surface area contributed by atoms with Gasteiger partial charge in [0.2, 0.25) is 5.91 Å². The zero-order valence-electron chi connectivity index (χ0n) is 12.9. The minimum absolute atomic E-state index is 0.198. The number of thiophene rings is 1. The molecule has 0 bridgehead atoms. The van der Waals surface area contributed by atoms with E-state index in [0.29, 0.717) is 5.91 Å². The third kappa shape index (κ3) is 3.61. The van der Waals surface area contributed by atoms with E-state index in [1.165, 1.54) is 10.4 Å². The minimum Gasteiger partial charge on any atom is -0.343 e. The van der Waals surface area contributed by atoms with E-state index >= 15 is 0 Å². The van der Waals surface area contributed by atoms with Gasteiger partial charge in [-0.2, -0.15) is 0 Å². The number of carbonyl (C=O) groups is 1. The molecule has 1 atom stereocenters. The molecule has 1 aliphatic heterocycles. The molecule has 2 heterocycles. The van der Waals surface area contributed by atoms with Crippen LogP contribution in [0.4, 0.5) is 0 Å². The maximum Gasteiger partial charge on any atom is 0.226 e. The second-order valence-electron chi connectivity index (χ2n) is 5.61. The van der Waals surface area contributed by atoms with Gasteiger partial charge in [0.1, 0.15) is 0 Å². The molecule has 0 saturated carbocycles. The van der Waals surface area contributed by atoms with Crippen molar-refractivity contribution in [1.29, 1.82) is 0 Å². The molecule has 0 N–H and O–H groups in total. The summed E-state index contributed by atoms with van der Waals surface area (Å²) in [6.07, 6.45) is 2.19. The van der Waals surface area contributed by atoms with Crippen molar-refractivity contribution in [2.75, 3.05) is 26.2 Å². The first-order valence-corrected chi connectivity index (χ1v) is 8.57. The van der Waals surface area contributed by atoms with Gasteiger partial charge in [-0.05, 0) is 57.2 Å². The van der Waals surface area contributed by atoms with Crippen LogP contribution in [0.25, 0.3) is 0 Å². The van der Waals surface area contributed by atoms with Crippen LogP contribution in [0.2, 0.25) is 0 Å². The second kappa shape index (κ2) is 7.23. The number of nitrogens with zero attached hydrogens (tertiary/aromatic N) is 2. The van der Waals surface area contributed by atoms with Gasteiger partial charge in [-0.3, -0.25) is 9.69 Å². The van der Waals surface area contributed by atoms with Crippen molar-refractivity contribution >= 4 is 17.2 Å². The number of likely N-dealkylation sites (tertiary alicyclic amines) is 1. The summed E-state index contributed by atoms with van der Waals surface area (Å²) in [6, 6.07) is 2.18. The fourth-order valence-electron chi connectivity index (χ4n) is 2.96. The maximum absolute atomic E-state index is 12.5. The Labute approximate surface area is 126 Å². The molecule has 0 aromatic carbocycles. The predicted octanol–water partition coefficient (Wildman–Crippen LogP) is 3.14. The van der Waals surface area contributed by atoms with Gasteiger partial charge in [0.15, 0.2) is 0 Å². The van der Waals surface area contributed by atoms with E-state index in [4.69, 9.17) is 0 Å². The van der Waals surface area contributed by atoms with Crippen LogP contribution in [0.5, 0.6) is 0 Å². The molecule has 1 amide bonds. The summed E-state index contributed by atoms with van der Waals surface area (Å²) in [5, 5.41) is 2.16. The normalized spacial score (nSPS) is 20.1. The van der Waals surface area contributed by atoms with E-state index in [2.05, 4.69) is 37.1 Å². The zero-order valence-corrected chi connectivity index (χ0v) is 13.7. The summed E-state index contributed by atoms with van der Waals surface area (Å²) < 4.78 is 0. The molecular formula is C16H26N2OS. The van der Waals surface area contributed by atoms with Gasteiger partial charge in [-0.15, -0.1) is 11.3 Å². The third-order valence-electron chi connectivity index (χ3n) is 4.27. The lowest BCUT2D eigenvalue weighted by Crippen LogP contribution is -2.44. The monoisotopic (exact) mass is 294 g/mol. The quantitative estimate of drug-likeness (QED) is 0.833. The number of aryl methyl sites for hydroxylation is 1. The lowest BCUT2D eigenvalue weighted by atomic mass is 9.96. The highest BCUT2D eigenvalue weighted by atomic mass is 32.1. The van der Waals surface area contributed by atoms with Gasteiger partial charge in [-0.1, -0.05) is 0 Å². The first kappa shape index (κ1) is 15.5. The number of carbonyl (C=O) groups excluding carboxylic acids is 1. The van der Waals surface area contributed by atoms with Gasteiger partial charge < -0.3 is 4.90 Å². The maximum atomic E-state index is 12.5. The Bertz CT molecular complexity index is 439. The Morgan fingerprint density at radius 1 is 1.45 bits per heavy atom. The molecule has 4 heteroatoms. The summed E-state index contributed by atoms with van der Waals surface area (Å²) in [7, 11) is 0. The van der Waals surface area contributed by atoms with Crippen LogP contribution in [0.3, 0.4) is 0 Å². The molecule has 1 saturated heterocycles. The average molecular weight is 294 g/mol. The van der Waals surface area contributed by atoms with E-state index in [9.17, 15) is 4.79 Å². The summed E-state index contributed by atoms with van der Waals surface area (Å²) in [5.74, 6) is 0.548. The highest BCUT2D eigenvalue weighted by Crippen LogP contribution is 2.23. The molecule has 1 aromatic rings. The third-order valence-corrected chi connectivity index (χ3v) is 5.27. The van der Waals surface area contributed by atoms with Crippen LogP contribution in [-0.4, -0.2) is 41.9 Å². The summed E-state index contributed by atoms with van der Waals surface area (Å²) in [4.78, 5) is 18.4. The van der Waals surface area contributed by atoms with Gasteiger partial charge in [0.25, 0.3) is 0 Å². The molecule has 20 heavy (non-hydrogen) atoms. The van der Waals surface area contributed by atoms with Crippen LogP contribution in [0.15, 0.2) is 11.4 Å². The van der Waals surface area contributed by atoms with Crippen LogP contribution < -0.4 is 0 Å². The summed E-state index contributed by atoms with van der Waals surface area (Å²) in [5.41, 5.74) is 1.38. The summed E-state index contributed by atoms with van der Waals surface area (Å²) >= 11 is 1.83. The van der Waals surface area contributed by atoms with Crippen molar-refractivity contribution in [3.8, 4) is 0 Å². The van der Waals surface area contributed by atoms with Crippen molar-refractivity contribution in [1.82, 2.24) is 9.80 Å². The smallest absolute Gasteiger partial charge is 0.226 e. The fourth-order valence-corrected chi connectivity index (χ4v) is 3.91. The predicted molar refractivity (Wildman–Crippen MR) is 85.0 cm³/mol. The van der Waals surface area contributed by atoms with E-state index in [0.717, 1.165) is 45.6 Å². The number of hydrogen-bond donors (Lipinski definition) is 0. The van der Waals surface area contributed by atoms with E-state index in [1.54, 1.807) is 0 Å². The Balaban J connectivity index is 1.95. The van der Waals surface area contributed by atoms with Crippen molar-refractivity contribution < 1.29 is 4.79 Å². The number of piperidine rings is 1. The Morgan fingerprint density at radius 2 is 2.20 bits per heavy atom. The number of amides is 1. The van der Waals surface area contributed by atoms with Crippen molar-refractivity contribution in [3.63, 3.8) is 0 Å². The summed E-state index contributed by atoms with van der Waals surface area (Å²) in [6.45, 7) is 11.0. The van der Waals surface area contributed by atoms with Gasteiger partial charge >= 0.3 is 0 Å². The van der Waals surface area contributed by atoms with Gasteiger partial charge in [-0.25, -0.2) is 0 Å². The molecule has 0 aliphatic carbocycles. The molecule has 112 valence electrons. The molecular weight excluding hydrogens is 268 g/mol. The average Bonchev–Trinajstić information content (AvgIpc) is 2.86. The van der Waals surface area contributed by atoms with Crippen LogP contribution >= 0.6 is 11.3 Å². The van der Waals surface area contributed by atoms with E-state index in [1.807, 2.05) is 16.2 Å². The van der Waals surface area contributed by atoms with Crippen molar-refractivity contribution in [2.24, 2.45) is 5.92 Å². The molecule has 0 spiro atoms. The van der Waals surface area contributed by atoms with Crippen molar-refractivity contribution in [2.45, 2.75) is 40.2 Å².